The maximum absolute atomic E-state index is 11.3. The highest BCUT2D eigenvalue weighted by molar-refractivity contribution is 5.76. The Morgan fingerprint density at radius 3 is 2.31 bits per heavy atom. The Balaban J connectivity index is 1.76. The molecule has 0 amide bonds. The van der Waals surface area contributed by atoms with Gasteiger partial charge in [-0.25, -0.2) is 4.98 Å². The normalized spacial score (nSPS) is 13.2. The Labute approximate surface area is 170 Å². The van der Waals surface area contributed by atoms with Crippen LogP contribution in [0.5, 0.6) is 5.75 Å². The number of nitrogens with one attached hydrogen (secondary N) is 1. The number of aliphatic hydroxyl groups is 1. The van der Waals surface area contributed by atoms with E-state index in [0.29, 0.717) is 0 Å². The fraction of sp³-hybridized carbons (Fsp3) is 0.208. The summed E-state index contributed by atoms with van der Waals surface area (Å²) in [6.07, 6.45) is -0.794. The van der Waals surface area contributed by atoms with E-state index >= 15 is 0 Å². The Kier molecular flexibility index (Phi) is 5.23. The molecule has 4 aromatic rings. The van der Waals surface area contributed by atoms with Gasteiger partial charge >= 0.3 is 0 Å². The van der Waals surface area contributed by atoms with Crippen molar-refractivity contribution in [1.82, 2.24) is 9.55 Å². The van der Waals surface area contributed by atoms with E-state index in [0.717, 1.165) is 33.9 Å². The first-order valence-electron chi connectivity index (χ1n) is 9.63. The Morgan fingerprint density at radius 1 is 0.966 bits per heavy atom. The number of fused-ring (bicyclic) bond motifs is 1. The largest absolute Gasteiger partial charge is 0.497 e. The highest BCUT2D eigenvalue weighted by atomic mass is 16.5. The van der Waals surface area contributed by atoms with Crippen LogP contribution in [-0.2, 0) is 7.05 Å². The fourth-order valence-electron chi connectivity index (χ4n) is 3.55. The lowest BCUT2D eigenvalue weighted by molar-refractivity contribution is 0.150. The van der Waals surface area contributed by atoms with E-state index in [4.69, 9.17) is 9.72 Å². The van der Waals surface area contributed by atoms with Gasteiger partial charge in [0.2, 0.25) is 0 Å². The smallest absolute Gasteiger partial charge is 0.135 e. The summed E-state index contributed by atoms with van der Waals surface area (Å²) in [4.78, 5) is 4.82. The first kappa shape index (κ1) is 19.0. The van der Waals surface area contributed by atoms with E-state index in [-0.39, 0.29) is 0 Å². The lowest BCUT2D eigenvalue weighted by atomic mass is 10.0. The van der Waals surface area contributed by atoms with E-state index in [1.807, 2.05) is 84.4 Å². The second-order valence-corrected chi connectivity index (χ2v) is 7.22. The third-order valence-corrected chi connectivity index (χ3v) is 5.25. The van der Waals surface area contributed by atoms with Crippen LogP contribution in [0.15, 0.2) is 72.8 Å². The molecule has 0 unspecified atom stereocenters. The van der Waals surface area contributed by atoms with Gasteiger partial charge in [0.25, 0.3) is 0 Å². The maximum atomic E-state index is 11.3. The average molecular weight is 387 g/mol. The summed E-state index contributed by atoms with van der Waals surface area (Å²) in [5.41, 5.74) is 4.84. The number of aromatic nitrogens is 2. The van der Waals surface area contributed by atoms with Crippen molar-refractivity contribution in [2.45, 2.75) is 19.1 Å². The van der Waals surface area contributed by atoms with Crippen molar-refractivity contribution in [3.63, 3.8) is 0 Å². The van der Waals surface area contributed by atoms with Crippen molar-refractivity contribution in [3.05, 3.63) is 89.7 Å². The SMILES string of the molecule is COc1ccc([C@@H](O)[C@H](Nc2ccc(C)cc2)c2nc3ccccc3n2C)cc1. The molecule has 5 nitrogen and oxygen atoms in total. The number of ether oxygens (including phenoxy) is 1. The summed E-state index contributed by atoms with van der Waals surface area (Å²) < 4.78 is 7.28. The highest BCUT2D eigenvalue weighted by Crippen LogP contribution is 2.34. The second-order valence-electron chi connectivity index (χ2n) is 7.22. The number of nitrogens with zero attached hydrogens (tertiary/aromatic N) is 2. The molecule has 29 heavy (non-hydrogen) atoms. The molecule has 3 aromatic carbocycles. The van der Waals surface area contributed by atoms with Gasteiger partial charge in [0.05, 0.1) is 18.1 Å². The third-order valence-electron chi connectivity index (χ3n) is 5.25. The van der Waals surface area contributed by atoms with E-state index < -0.39 is 12.1 Å². The standard InChI is InChI=1S/C24H25N3O2/c1-16-8-12-18(13-9-16)25-22(23(28)17-10-14-19(29-3)15-11-17)24-26-20-6-4-5-7-21(20)27(24)2/h4-15,22-23,25,28H,1-3H3/t22-,23+/m0/s1. The number of imidazole rings is 1. The molecule has 1 aromatic heterocycles. The van der Waals surface area contributed by atoms with Crippen LogP contribution < -0.4 is 10.1 Å². The van der Waals surface area contributed by atoms with Crippen LogP contribution in [0, 0.1) is 6.92 Å². The molecule has 2 N–H and O–H groups in total. The molecule has 0 aliphatic carbocycles. The predicted molar refractivity (Wildman–Crippen MR) is 116 cm³/mol. The third kappa shape index (κ3) is 3.82. The lowest BCUT2D eigenvalue weighted by Crippen LogP contribution is -2.22. The van der Waals surface area contributed by atoms with Gasteiger partial charge in [0, 0.05) is 12.7 Å². The quantitative estimate of drug-likeness (QED) is 0.500. The zero-order valence-electron chi connectivity index (χ0n) is 16.8. The topological polar surface area (TPSA) is 59.3 Å². The van der Waals surface area contributed by atoms with Gasteiger partial charge in [-0.1, -0.05) is 42.0 Å². The molecule has 1 heterocycles. The zero-order valence-corrected chi connectivity index (χ0v) is 16.8. The van der Waals surface area contributed by atoms with Crippen LogP contribution in [0.1, 0.15) is 29.1 Å². The Hall–Kier alpha value is -3.31. The minimum atomic E-state index is -0.794. The Bertz CT molecular complexity index is 1100. The number of aliphatic hydroxyl groups excluding tert-OH is 1. The highest BCUT2D eigenvalue weighted by Gasteiger charge is 2.27. The van der Waals surface area contributed by atoms with Crippen LogP contribution in [0.25, 0.3) is 11.0 Å². The molecule has 0 saturated heterocycles. The molecule has 0 saturated carbocycles. The van der Waals surface area contributed by atoms with Crippen LogP contribution in [0.4, 0.5) is 5.69 Å². The van der Waals surface area contributed by atoms with Gasteiger partial charge in [0.15, 0.2) is 0 Å². The molecule has 0 aliphatic rings. The minimum absolute atomic E-state index is 0.427. The van der Waals surface area contributed by atoms with Gasteiger partial charge in [0.1, 0.15) is 23.7 Å². The monoisotopic (exact) mass is 387 g/mol. The number of rotatable bonds is 6. The van der Waals surface area contributed by atoms with Crippen LogP contribution in [0.3, 0.4) is 0 Å². The van der Waals surface area contributed by atoms with Crippen molar-refractivity contribution in [2.24, 2.45) is 7.05 Å². The Morgan fingerprint density at radius 2 is 1.66 bits per heavy atom. The van der Waals surface area contributed by atoms with E-state index in [1.165, 1.54) is 5.56 Å². The number of anilines is 1. The average Bonchev–Trinajstić information content (AvgIpc) is 3.09. The molecular weight excluding hydrogens is 362 g/mol. The number of para-hydroxylation sites is 2. The van der Waals surface area contributed by atoms with E-state index in [9.17, 15) is 5.11 Å². The van der Waals surface area contributed by atoms with Gasteiger partial charge in [-0.3, -0.25) is 0 Å². The number of benzene rings is 3. The summed E-state index contributed by atoms with van der Waals surface area (Å²) in [6, 6.07) is 23.2. The maximum Gasteiger partial charge on any atom is 0.135 e. The summed E-state index contributed by atoms with van der Waals surface area (Å²) in [5, 5.41) is 14.8. The number of hydrogen-bond donors (Lipinski definition) is 2. The number of aryl methyl sites for hydroxylation is 2. The molecule has 0 spiro atoms. The molecule has 0 bridgehead atoms. The van der Waals surface area contributed by atoms with Crippen LogP contribution >= 0.6 is 0 Å². The summed E-state index contributed by atoms with van der Waals surface area (Å²) in [5.74, 6) is 1.53. The molecule has 5 heteroatoms. The number of hydrogen-bond acceptors (Lipinski definition) is 4. The van der Waals surface area contributed by atoms with Crippen molar-refractivity contribution >= 4 is 16.7 Å². The van der Waals surface area contributed by atoms with Gasteiger partial charge in [-0.2, -0.15) is 0 Å². The first-order valence-corrected chi connectivity index (χ1v) is 9.63. The molecule has 148 valence electrons. The van der Waals surface area contributed by atoms with Crippen molar-refractivity contribution in [1.29, 1.82) is 0 Å². The molecular formula is C24H25N3O2. The summed E-state index contributed by atoms with van der Waals surface area (Å²) in [6.45, 7) is 2.05. The molecule has 4 rings (SSSR count). The molecule has 2 atom stereocenters. The van der Waals surface area contributed by atoms with Crippen LogP contribution in [-0.4, -0.2) is 21.8 Å². The number of methoxy groups -OCH3 is 1. The van der Waals surface area contributed by atoms with Gasteiger partial charge in [-0.05, 0) is 48.9 Å². The summed E-state index contributed by atoms with van der Waals surface area (Å²) in [7, 11) is 3.61. The molecule has 0 radical (unpaired) electrons. The molecule has 0 fully saturated rings. The molecule has 0 aliphatic heterocycles. The predicted octanol–water partition coefficient (Wildman–Crippen LogP) is 4.78. The minimum Gasteiger partial charge on any atom is -0.497 e. The van der Waals surface area contributed by atoms with Crippen LogP contribution in [0.2, 0.25) is 0 Å². The van der Waals surface area contributed by atoms with E-state index in [1.54, 1.807) is 7.11 Å². The van der Waals surface area contributed by atoms with Gasteiger partial charge in [-0.15, -0.1) is 0 Å². The first-order chi connectivity index (χ1) is 14.1. The fourth-order valence-corrected chi connectivity index (χ4v) is 3.55. The summed E-state index contributed by atoms with van der Waals surface area (Å²) >= 11 is 0. The van der Waals surface area contributed by atoms with Crippen molar-refractivity contribution < 1.29 is 9.84 Å². The zero-order chi connectivity index (χ0) is 20.4. The van der Waals surface area contributed by atoms with E-state index in [2.05, 4.69) is 12.2 Å². The second kappa shape index (κ2) is 7.97. The van der Waals surface area contributed by atoms with Crippen molar-refractivity contribution in [2.75, 3.05) is 12.4 Å². The van der Waals surface area contributed by atoms with Gasteiger partial charge < -0.3 is 19.7 Å². The van der Waals surface area contributed by atoms with Crippen molar-refractivity contribution in [3.8, 4) is 5.75 Å². The lowest BCUT2D eigenvalue weighted by Gasteiger charge is -2.25.